The second kappa shape index (κ2) is 4.37. The Morgan fingerprint density at radius 3 is 2.71 bits per heavy atom. The van der Waals surface area contributed by atoms with Gasteiger partial charge in [-0.25, -0.2) is 13.2 Å². The van der Waals surface area contributed by atoms with Crippen LogP contribution in [0.4, 0.5) is 18.9 Å². The van der Waals surface area contributed by atoms with Crippen molar-refractivity contribution < 1.29 is 18.0 Å². The average molecular weight is 244 g/mol. The minimum absolute atomic E-state index is 0.215. The number of amides is 1. The predicted molar refractivity (Wildman–Crippen MR) is 55.9 cm³/mol. The largest absolute Gasteiger partial charge is 0.320 e. The third-order valence-corrected chi connectivity index (χ3v) is 2.74. The van der Waals surface area contributed by atoms with Gasteiger partial charge in [-0.15, -0.1) is 0 Å². The van der Waals surface area contributed by atoms with E-state index in [-0.39, 0.29) is 12.2 Å². The van der Waals surface area contributed by atoms with Crippen molar-refractivity contribution in [2.45, 2.75) is 18.9 Å². The van der Waals surface area contributed by atoms with Crippen molar-refractivity contribution in [1.82, 2.24) is 0 Å². The fraction of sp³-hybridized carbons (Fsp3) is 0.364. The SMILES string of the molecule is NC1CCCN(c2cc(F)cc(F)c2F)C1=O. The summed E-state index contributed by atoms with van der Waals surface area (Å²) < 4.78 is 39.5. The number of nitrogens with two attached hydrogens (primary N) is 1. The molecule has 0 saturated carbocycles. The van der Waals surface area contributed by atoms with Crippen LogP contribution in [0.1, 0.15) is 12.8 Å². The summed E-state index contributed by atoms with van der Waals surface area (Å²) in [5.74, 6) is -3.98. The fourth-order valence-corrected chi connectivity index (χ4v) is 1.88. The second-order valence-corrected chi connectivity index (χ2v) is 3.96. The van der Waals surface area contributed by atoms with E-state index in [9.17, 15) is 18.0 Å². The number of carbonyl (C=O) groups is 1. The number of hydrogen-bond donors (Lipinski definition) is 1. The molecular formula is C11H11F3N2O. The minimum Gasteiger partial charge on any atom is -0.320 e. The van der Waals surface area contributed by atoms with Crippen LogP contribution in [-0.4, -0.2) is 18.5 Å². The molecule has 1 aliphatic heterocycles. The first-order valence-corrected chi connectivity index (χ1v) is 5.22. The maximum Gasteiger partial charge on any atom is 0.243 e. The summed E-state index contributed by atoms with van der Waals surface area (Å²) in [5, 5.41) is 0. The highest BCUT2D eigenvalue weighted by Gasteiger charge is 2.29. The van der Waals surface area contributed by atoms with Gasteiger partial charge in [-0.3, -0.25) is 4.79 Å². The summed E-state index contributed by atoms with van der Waals surface area (Å²) in [6.45, 7) is 0.215. The van der Waals surface area contributed by atoms with Crippen molar-refractivity contribution in [1.29, 1.82) is 0 Å². The molecule has 1 fully saturated rings. The lowest BCUT2D eigenvalue weighted by atomic mass is 10.0. The van der Waals surface area contributed by atoms with Crippen LogP contribution in [0.15, 0.2) is 12.1 Å². The van der Waals surface area contributed by atoms with Gasteiger partial charge < -0.3 is 10.6 Å². The summed E-state index contributed by atoms with van der Waals surface area (Å²) in [4.78, 5) is 12.7. The number of nitrogens with zero attached hydrogens (tertiary/aromatic N) is 1. The normalized spacial score (nSPS) is 20.8. The van der Waals surface area contributed by atoms with Crippen molar-refractivity contribution in [2.75, 3.05) is 11.4 Å². The number of benzene rings is 1. The summed E-state index contributed by atoms with van der Waals surface area (Å²) in [5.41, 5.74) is 5.14. The number of hydrogen-bond acceptors (Lipinski definition) is 2. The molecule has 17 heavy (non-hydrogen) atoms. The summed E-state index contributed by atoms with van der Waals surface area (Å²) in [6.07, 6.45) is 1.07. The zero-order valence-corrected chi connectivity index (χ0v) is 8.92. The van der Waals surface area contributed by atoms with Crippen LogP contribution in [-0.2, 0) is 4.79 Å². The maximum absolute atomic E-state index is 13.5. The maximum atomic E-state index is 13.5. The number of rotatable bonds is 1. The van der Waals surface area contributed by atoms with Gasteiger partial charge in [0, 0.05) is 18.7 Å². The molecule has 0 bridgehead atoms. The molecule has 1 heterocycles. The number of piperidine rings is 1. The molecule has 0 aliphatic carbocycles. The smallest absolute Gasteiger partial charge is 0.243 e. The summed E-state index contributed by atoms with van der Waals surface area (Å²) in [6, 6.07) is 0.496. The zero-order chi connectivity index (χ0) is 12.6. The van der Waals surface area contributed by atoms with Crippen LogP contribution in [0.3, 0.4) is 0 Å². The molecule has 1 aliphatic rings. The van der Waals surface area contributed by atoms with Crippen molar-refractivity contribution in [3.05, 3.63) is 29.6 Å². The minimum atomic E-state index is -1.31. The number of carbonyl (C=O) groups excluding carboxylic acids is 1. The molecule has 3 nitrogen and oxygen atoms in total. The molecular weight excluding hydrogens is 233 g/mol. The molecule has 0 aromatic heterocycles. The highest BCUT2D eigenvalue weighted by Crippen LogP contribution is 2.26. The molecule has 1 saturated heterocycles. The lowest BCUT2D eigenvalue weighted by Gasteiger charge is -2.30. The first-order chi connectivity index (χ1) is 8.00. The van der Waals surface area contributed by atoms with Gasteiger partial charge >= 0.3 is 0 Å². The Bertz CT molecular complexity index is 464. The lowest BCUT2D eigenvalue weighted by molar-refractivity contribution is -0.120. The van der Waals surface area contributed by atoms with Gasteiger partial charge in [-0.2, -0.15) is 0 Å². The Morgan fingerprint density at radius 1 is 1.29 bits per heavy atom. The van der Waals surface area contributed by atoms with E-state index < -0.39 is 29.4 Å². The highest BCUT2D eigenvalue weighted by atomic mass is 19.2. The van der Waals surface area contributed by atoms with Crippen LogP contribution < -0.4 is 10.6 Å². The van der Waals surface area contributed by atoms with E-state index in [0.29, 0.717) is 18.9 Å². The van der Waals surface area contributed by atoms with E-state index in [1.165, 1.54) is 0 Å². The van der Waals surface area contributed by atoms with E-state index in [1.807, 2.05) is 0 Å². The van der Waals surface area contributed by atoms with Crippen LogP contribution in [0.2, 0.25) is 0 Å². The van der Waals surface area contributed by atoms with Gasteiger partial charge in [-0.05, 0) is 12.8 Å². The van der Waals surface area contributed by atoms with Gasteiger partial charge in [0.2, 0.25) is 5.91 Å². The first-order valence-electron chi connectivity index (χ1n) is 5.22. The van der Waals surface area contributed by atoms with Gasteiger partial charge in [0.15, 0.2) is 11.6 Å². The molecule has 1 unspecified atom stereocenters. The Labute approximate surface area is 96.0 Å². The quantitative estimate of drug-likeness (QED) is 0.762. The highest BCUT2D eigenvalue weighted by molar-refractivity contribution is 5.97. The lowest BCUT2D eigenvalue weighted by Crippen LogP contribution is -2.48. The molecule has 1 aromatic rings. The Morgan fingerprint density at radius 2 is 2.00 bits per heavy atom. The van der Waals surface area contributed by atoms with Gasteiger partial charge in [0.1, 0.15) is 5.82 Å². The van der Waals surface area contributed by atoms with Crippen LogP contribution >= 0.6 is 0 Å². The standard InChI is InChI=1S/C11H11F3N2O/c12-6-4-7(13)10(14)9(5-6)16-3-1-2-8(15)11(16)17/h4-5,8H,1-3,15H2. The van der Waals surface area contributed by atoms with Crippen LogP contribution in [0.25, 0.3) is 0 Å². The summed E-state index contributed by atoms with van der Waals surface area (Å²) in [7, 11) is 0. The molecule has 1 aromatic carbocycles. The number of halogens is 3. The van der Waals surface area contributed by atoms with Crippen molar-refractivity contribution in [3.8, 4) is 0 Å². The molecule has 92 valence electrons. The van der Waals surface area contributed by atoms with E-state index >= 15 is 0 Å². The van der Waals surface area contributed by atoms with E-state index in [1.54, 1.807) is 0 Å². The molecule has 1 amide bonds. The molecule has 2 rings (SSSR count). The van der Waals surface area contributed by atoms with Gasteiger partial charge in [-0.1, -0.05) is 0 Å². The van der Waals surface area contributed by atoms with E-state index in [4.69, 9.17) is 5.73 Å². The van der Waals surface area contributed by atoms with Crippen LogP contribution in [0, 0.1) is 17.5 Å². The second-order valence-electron chi connectivity index (χ2n) is 3.96. The Balaban J connectivity index is 2.42. The molecule has 1 atom stereocenters. The Kier molecular flexibility index (Phi) is 3.06. The molecule has 2 N–H and O–H groups in total. The third-order valence-electron chi connectivity index (χ3n) is 2.74. The number of anilines is 1. The monoisotopic (exact) mass is 244 g/mol. The van der Waals surface area contributed by atoms with Crippen molar-refractivity contribution in [2.24, 2.45) is 5.73 Å². The average Bonchev–Trinajstić information content (AvgIpc) is 2.27. The van der Waals surface area contributed by atoms with Crippen LogP contribution in [0.5, 0.6) is 0 Å². The predicted octanol–water partition coefficient (Wildman–Crippen LogP) is 1.56. The summed E-state index contributed by atoms with van der Waals surface area (Å²) >= 11 is 0. The fourth-order valence-electron chi connectivity index (χ4n) is 1.88. The van der Waals surface area contributed by atoms with Gasteiger partial charge in [0.05, 0.1) is 11.7 Å². The zero-order valence-electron chi connectivity index (χ0n) is 8.92. The first kappa shape index (κ1) is 11.9. The van der Waals surface area contributed by atoms with Crippen molar-refractivity contribution >= 4 is 11.6 Å². The van der Waals surface area contributed by atoms with E-state index in [2.05, 4.69) is 0 Å². The Hall–Kier alpha value is -1.56. The third kappa shape index (κ3) is 2.12. The van der Waals surface area contributed by atoms with Gasteiger partial charge in [0.25, 0.3) is 0 Å². The molecule has 6 heteroatoms. The topological polar surface area (TPSA) is 46.3 Å². The van der Waals surface area contributed by atoms with E-state index in [0.717, 1.165) is 11.0 Å². The molecule has 0 spiro atoms. The van der Waals surface area contributed by atoms with Crippen molar-refractivity contribution in [3.63, 3.8) is 0 Å². The molecule has 0 radical (unpaired) electrons.